The number of hydrogen-bond acceptors (Lipinski definition) is 3. The highest BCUT2D eigenvalue weighted by molar-refractivity contribution is 9.10. The average Bonchev–Trinajstić information content (AvgIpc) is 2.45. The van der Waals surface area contributed by atoms with Gasteiger partial charge in [-0.05, 0) is 53.0 Å². The number of nitrogens with one attached hydrogen (secondary N) is 1. The lowest BCUT2D eigenvalue weighted by Gasteiger charge is -2.14. The molecule has 0 heterocycles. The van der Waals surface area contributed by atoms with Crippen LogP contribution in [0.5, 0.6) is 11.5 Å². The summed E-state index contributed by atoms with van der Waals surface area (Å²) >= 11 is 3.54. The van der Waals surface area contributed by atoms with Crippen molar-refractivity contribution in [3.05, 3.63) is 22.2 Å². The van der Waals surface area contributed by atoms with Crippen molar-refractivity contribution >= 4 is 15.9 Å². The maximum atomic E-state index is 5.75. The van der Waals surface area contributed by atoms with E-state index in [-0.39, 0.29) is 0 Å². The summed E-state index contributed by atoms with van der Waals surface area (Å²) in [4.78, 5) is 0. The van der Waals surface area contributed by atoms with Crippen molar-refractivity contribution in [3.8, 4) is 23.8 Å². The Bertz CT molecular complexity index is 455. The number of hydrogen-bond donors (Lipinski definition) is 1. The van der Waals surface area contributed by atoms with E-state index in [0.29, 0.717) is 6.61 Å². The molecular formula is C16H22BrNO2. The van der Waals surface area contributed by atoms with E-state index in [1.165, 1.54) is 0 Å². The van der Waals surface area contributed by atoms with Gasteiger partial charge in [0.2, 0.25) is 0 Å². The molecule has 3 nitrogen and oxygen atoms in total. The molecule has 0 spiro atoms. The van der Waals surface area contributed by atoms with E-state index >= 15 is 0 Å². The van der Waals surface area contributed by atoms with Gasteiger partial charge in [-0.25, -0.2) is 0 Å². The molecule has 1 aromatic rings. The van der Waals surface area contributed by atoms with Gasteiger partial charge in [-0.1, -0.05) is 6.92 Å². The topological polar surface area (TPSA) is 30.5 Å². The number of halogens is 1. The lowest BCUT2D eigenvalue weighted by Crippen LogP contribution is -2.14. The lowest BCUT2D eigenvalue weighted by atomic mass is 10.2. The third-order valence-corrected chi connectivity index (χ3v) is 3.35. The first-order chi connectivity index (χ1) is 9.72. The van der Waals surface area contributed by atoms with Gasteiger partial charge < -0.3 is 14.8 Å². The Balaban J connectivity index is 2.72. The van der Waals surface area contributed by atoms with Gasteiger partial charge >= 0.3 is 0 Å². The van der Waals surface area contributed by atoms with Crippen molar-refractivity contribution < 1.29 is 9.47 Å². The molecule has 20 heavy (non-hydrogen) atoms. The van der Waals surface area contributed by atoms with Gasteiger partial charge in [-0.2, -0.15) is 0 Å². The van der Waals surface area contributed by atoms with Crippen LogP contribution in [0.2, 0.25) is 0 Å². The standard InChI is InChI=1S/C16H22BrNO2/c1-4-6-7-9-20-16-14(17)10-13(11-15(16)19-3)12-18-8-5-2/h1,10-11,18H,5-9,12H2,2-3H3. The molecule has 0 aliphatic rings. The Kier molecular flexibility index (Phi) is 8.17. The first-order valence-corrected chi connectivity index (χ1v) is 7.65. The van der Waals surface area contributed by atoms with Crippen LogP contribution >= 0.6 is 15.9 Å². The Morgan fingerprint density at radius 3 is 2.85 bits per heavy atom. The summed E-state index contributed by atoms with van der Waals surface area (Å²) in [5.41, 5.74) is 1.16. The van der Waals surface area contributed by atoms with Crippen molar-refractivity contribution in [2.75, 3.05) is 20.3 Å². The molecule has 1 aromatic carbocycles. The maximum absolute atomic E-state index is 5.75. The maximum Gasteiger partial charge on any atom is 0.175 e. The minimum Gasteiger partial charge on any atom is -0.493 e. The quantitative estimate of drug-likeness (QED) is 0.549. The fourth-order valence-corrected chi connectivity index (χ4v) is 2.38. The second kappa shape index (κ2) is 9.68. The molecule has 1 N–H and O–H groups in total. The number of methoxy groups -OCH3 is 1. The van der Waals surface area contributed by atoms with E-state index in [9.17, 15) is 0 Å². The van der Waals surface area contributed by atoms with E-state index in [1.54, 1.807) is 7.11 Å². The highest BCUT2D eigenvalue weighted by Gasteiger charge is 2.11. The molecule has 0 aliphatic carbocycles. The van der Waals surface area contributed by atoms with Gasteiger partial charge in [0.05, 0.1) is 18.2 Å². The summed E-state index contributed by atoms with van der Waals surface area (Å²) in [5.74, 6) is 4.09. The second-order valence-electron chi connectivity index (χ2n) is 4.44. The largest absolute Gasteiger partial charge is 0.493 e. The number of ether oxygens (including phenoxy) is 2. The summed E-state index contributed by atoms with van der Waals surface area (Å²) in [5, 5.41) is 3.37. The smallest absolute Gasteiger partial charge is 0.175 e. The molecule has 110 valence electrons. The van der Waals surface area contributed by atoms with Crippen LogP contribution in [0.4, 0.5) is 0 Å². The molecule has 0 unspecified atom stereocenters. The molecule has 4 heteroatoms. The van der Waals surface area contributed by atoms with Crippen molar-refractivity contribution in [3.63, 3.8) is 0 Å². The fraction of sp³-hybridized carbons (Fsp3) is 0.500. The number of terminal acetylenes is 1. The highest BCUT2D eigenvalue weighted by atomic mass is 79.9. The predicted octanol–water partition coefficient (Wildman–Crippen LogP) is 3.75. The van der Waals surface area contributed by atoms with E-state index in [0.717, 1.165) is 53.9 Å². The summed E-state index contributed by atoms with van der Waals surface area (Å²) in [7, 11) is 1.65. The first kappa shape index (κ1) is 16.9. The summed E-state index contributed by atoms with van der Waals surface area (Å²) in [6.45, 7) is 4.56. The van der Waals surface area contributed by atoms with Gasteiger partial charge in [-0.3, -0.25) is 0 Å². The number of rotatable bonds is 9. The Morgan fingerprint density at radius 2 is 2.20 bits per heavy atom. The second-order valence-corrected chi connectivity index (χ2v) is 5.30. The molecule has 0 bridgehead atoms. The monoisotopic (exact) mass is 339 g/mol. The first-order valence-electron chi connectivity index (χ1n) is 6.86. The van der Waals surface area contributed by atoms with Crippen LogP contribution in [-0.2, 0) is 6.54 Å². The Labute approximate surface area is 130 Å². The molecule has 0 aliphatic heterocycles. The molecule has 1 rings (SSSR count). The van der Waals surface area contributed by atoms with Gasteiger partial charge in [-0.15, -0.1) is 12.3 Å². The highest BCUT2D eigenvalue weighted by Crippen LogP contribution is 2.36. The summed E-state index contributed by atoms with van der Waals surface area (Å²) in [6.07, 6.45) is 7.91. The van der Waals surface area contributed by atoms with E-state index < -0.39 is 0 Å². The van der Waals surface area contributed by atoms with Crippen LogP contribution in [0.1, 0.15) is 31.7 Å². The van der Waals surface area contributed by atoms with E-state index in [4.69, 9.17) is 15.9 Å². The molecule has 0 fully saturated rings. The minimum absolute atomic E-state index is 0.590. The molecule has 0 saturated carbocycles. The number of benzene rings is 1. The summed E-state index contributed by atoms with van der Waals surface area (Å²) < 4.78 is 12.1. The van der Waals surface area contributed by atoms with Gasteiger partial charge in [0.25, 0.3) is 0 Å². The van der Waals surface area contributed by atoms with Crippen LogP contribution in [-0.4, -0.2) is 20.3 Å². The molecular weight excluding hydrogens is 318 g/mol. The molecule has 0 atom stereocenters. The average molecular weight is 340 g/mol. The van der Waals surface area contributed by atoms with E-state index in [2.05, 4.69) is 40.2 Å². The number of unbranched alkanes of at least 4 members (excludes halogenated alkanes) is 1. The van der Waals surface area contributed by atoms with Crippen molar-refractivity contribution in [2.45, 2.75) is 32.7 Å². The molecule has 0 radical (unpaired) electrons. The third kappa shape index (κ3) is 5.44. The third-order valence-electron chi connectivity index (χ3n) is 2.76. The van der Waals surface area contributed by atoms with Crippen LogP contribution in [0.15, 0.2) is 16.6 Å². The van der Waals surface area contributed by atoms with Gasteiger partial charge in [0.1, 0.15) is 0 Å². The SMILES string of the molecule is C#CCCCOc1c(Br)cc(CNCCC)cc1OC. The predicted molar refractivity (Wildman–Crippen MR) is 86.3 cm³/mol. The van der Waals surface area contributed by atoms with E-state index in [1.807, 2.05) is 6.07 Å². The zero-order valence-corrected chi connectivity index (χ0v) is 13.8. The van der Waals surface area contributed by atoms with Crippen LogP contribution < -0.4 is 14.8 Å². The van der Waals surface area contributed by atoms with Gasteiger partial charge in [0, 0.05) is 13.0 Å². The zero-order valence-electron chi connectivity index (χ0n) is 12.2. The van der Waals surface area contributed by atoms with Crippen molar-refractivity contribution in [1.82, 2.24) is 5.32 Å². The summed E-state index contributed by atoms with van der Waals surface area (Å²) in [6, 6.07) is 4.06. The zero-order chi connectivity index (χ0) is 14.8. The van der Waals surface area contributed by atoms with Gasteiger partial charge in [0.15, 0.2) is 11.5 Å². The molecule has 0 aromatic heterocycles. The Hall–Kier alpha value is -1.18. The normalized spacial score (nSPS) is 10.1. The van der Waals surface area contributed by atoms with Crippen LogP contribution in [0, 0.1) is 12.3 Å². The molecule has 0 saturated heterocycles. The lowest BCUT2D eigenvalue weighted by molar-refractivity contribution is 0.289. The fourth-order valence-electron chi connectivity index (χ4n) is 1.77. The van der Waals surface area contributed by atoms with Crippen molar-refractivity contribution in [1.29, 1.82) is 0 Å². The minimum atomic E-state index is 0.590. The van der Waals surface area contributed by atoms with Crippen molar-refractivity contribution in [2.24, 2.45) is 0 Å². The molecule has 0 amide bonds. The van der Waals surface area contributed by atoms with Crippen LogP contribution in [0.25, 0.3) is 0 Å². The Morgan fingerprint density at radius 1 is 1.40 bits per heavy atom. The van der Waals surface area contributed by atoms with Crippen LogP contribution in [0.3, 0.4) is 0 Å².